The highest BCUT2D eigenvalue weighted by Crippen LogP contribution is 2.16. The normalized spacial score (nSPS) is 13.9. The monoisotopic (exact) mass is 556 g/mol. The molecule has 0 aromatic heterocycles. The summed E-state index contributed by atoms with van der Waals surface area (Å²) in [6.07, 6.45) is 0. The van der Waals surface area contributed by atoms with Gasteiger partial charge in [0.2, 0.25) is 0 Å². The van der Waals surface area contributed by atoms with Crippen LogP contribution in [0, 0.1) is 11.6 Å². The molecule has 1 aliphatic rings. The van der Waals surface area contributed by atoms with Gasteiger partial charge in [-0.25, -0.2) is 13.6 Å². The van der Waals surface area contributed by atoms with Crippen LogP contribution < -0.4 is 5.32 Å². The molecule has 0 aliphatic carbocycles. The quantitative estimate of drug-likeness (QED) is 0.434. The van der Waals surface area contributed by atoms with E-state index in [0.717, 1.165) is 15.7 Å². The zero-order valence-corrected chi connectivity index (χ0v) is 21.3. The number of urea groups is 1. The minimum atomic E-state index is -0.404. The standard InChI is InChI=1S/C27H27BrF2N4O2/c28-22-5-11-25(12-6-22)31-27(36)33-16-13-32(14-17-33)15-18-34(19-20-1-7-23(29)8-2-20)26(35)21-3-9-24(30)10-4-21/h1-12H,13-19H2,(H,31,36). The Hall–Kier alpha value is -3.30. The maximum atomic E-state index is 13.4. The minimum Gasteiger partial charge on any atom is -0.333 e. The molecule has 0 unspecified atom stereocenters. The molecule has 1 fully saturated rings. The lowest BCUT2D eigenvalue weighted by Crippen LogP contribution is -2.51. The molecule has 0 atom stereocenters. The SMILES string of the molecule is O=C(Nc1ccc(Br)cc1)N1CCN(CCN(Cc2ccc(F)cc2)C(=O)c2ccc(F)cc2)CC1. The van der Waals surface area contributed by atoms with E-state index in [1.165, 1.54) is 36.4 Å². The zero-order valence-electron chi connectivity index (χ0n) is 19.7. The number of hydrogen-bond acceptors (Lipinski definition) is 3. The van der Waals surface area contributed by atoms with Crippen LogP contribution in [-0.2, 0) is 6.54 Å². The Bertz CT molecular complexity index is 1170. The Morgan fingerprint density at radius 1 is 0.833 bits per heavy atom. The number of benzene rings is 3. The number of nitrogens with zero attached hydrogens (tertiary/aromatic N) is 3. The molecular weight excluding hydrogens is 530 g/mol. The van der Waals surface area contributed by atoms with E-state index < -0.39 is 5.82 Å². The molecule has 36 heavy (non-hydrogen) atoms. The van der Waals surface area contributed by atoms with E-state index in [4.69, 9.17) is 0 Å². The fourth-order valence-electron chi connectivity index (χ4n) is 4.01. The first-order chi connectivity index (χ1) is 17.4. The summed E-state index contributed by atoms with van der Waals surface area (Å²) in [6, 6.07) is 18.8. The van der Waals surface area contributed by atoms with Crippen LogP contribution in [-0.4, -0.2) is 65.9 Å². The predicted octanol–water partition coefficient (Wildman–Crippen LogP) is 5.22. The van der Waals surface area contributed by atoms with Gasteiger partial charge in [-0.15, -0.1) is 0 Å². The lowest BCUT2D eigenvalue weighted by molar-refractivity contribution is 0.0704. The molecule has 1 saturated heterocycles. The number of nitrogens with one attached hydrogen (secondary N) is 1. The second-order valence-corrected chi connectivity index (χ2v) is 9.54. The summed E-state index contributed by atoms with van der Waals surface area (Å²) in [6.45, 7) is 3.89. The smallest absolute Gasteiger partial charge is 0.321 e. The molecule has 0 saturated carbocycles. The molecule has 3 amide bonds. The highest BCUT2D eigenvalue weighted by molar-refractivity contribution is 9.10. The van der Waals surface area contributed by atoms with E-state index in [-0.39, 0.29) is 17.8 Å². The van der Waals surface area contributed by atoms with E-state index in [1.54, 1.807) is 21.9 Å². The highest BCUT2D eigenvalue weighted by atomic mass is 79.9. The molecule has 3 aromatic rings. The maximum absolute atomic E-state index is 13.4. The van der Waals surface area contributed by atoms with Gasteiger partial charge in [-0.05, 0) is 66.2 Å². The average molecular weight is 557 g/mol. The van der Waals surface area contributed by atoms with E-state index >= 15 is 0 Å². The summed E-state index contributed by atoms with van der Waals surface area (Å²) in [5, 5.41) is 2.91. The Labute approximate surface area is 217 Å². The van der Waals surface area contributed by atoms with Crippen LogP contribution in [0.1, 0.15) is 15.9 Å². The predicted molar refractivity (Wildman–Crippen MR) is 139 cm³/mol. The maximum Gasteiger partial charge on any atom is 0.321 e. The Kier molecular flexibility index (Phi) is 8.66. The molecule has 3 aromatic carbocycles. The van der Waals surface area contributed by atoms with Crippen LogP contribution in [0.3, 0.4) is 0 Å². The Balaban J connectivity index is 1.33. The van der Waals surface area contributed by atoms with Gasteiger partial charge in [0, 0.05) is 61.5 Å². The highest BCUT2D eigenvalue weighted by Gasteiger charge is 2.23. The van der Waals surface area contributed by atoms with Crippen molar-refractivity contribution in [1.29, 1.82) is 0 Å². The molecule has 1 aliphatic heterocycles. The molecule has 0 bridgehead atoms. The van der Waals surface area contributed by atoms with Gasteiger partial charge in [0.25, 0.3) is 5.91 Å². The first-order valence-electron chi connectivity index (χ1n) is 11.7. The summed E-state index contributed by atoms with van der Waals surface area (Å²) in [7, 11) is 0. The fraction of sp³-hybridized carbons (Fsp3) is 0.259. The van der Waals surface area contributed by atoms with Crippen molar-refractivity contribution in [3.05, 3.63) is 100 Å². The van der Waals surface area contributed by atoms with Crippen LogP contribution in [0.4, 0.5) is 19.3 Å². The molecule has 4 rings (SSSR count). The summed E-state index contributed by atoms with van der Waals surface area (Å²) in [5.41, 5.74) is 1.94. The van der Waals surface area contributed by atoms with Crippen LogP contribution in [0.5, 0.6) is 0 Å². The topological polar surface area (TPSA) is 55.9 Å². The van der Waals surface area contributed by atoms with E-state index in [1.807, 2.05) is 24.3 Å². The second-order valence-electron chi connectivity index (χ2n) is 8.63. The van der Waals surface area contributed by atoms with E-state index in [9.17, 15) is 18.4 Å². The van der Waals surface area contributed by atoms with Crippen LogP contribution in [0.25, 0.3) is 0 Å². The minimum absolute atomic E-state index is 0.138. The molecule has 1 N–H and O–H groups in total. The van der Waals surface area contributed by atoms with Gasteiger partial charge in [0.1, 0.15) is 11.6 Å². The summed E-state index contributed by atoms with van der Waals surface area (Å²) in [4.78, 5) is 31.5. The molecule has 0 spiro atoms. The van der Waals surface area contributed by atoms with Crippen molar-refractivity contribution >= 4 is 33.6 Å². The third kappa shape index (κ3) is 7.11. The summed E-state index contributed by atoms with van der Waals surface area (Å²) in [5.74, 6) is -0.956. The van der Waals surface area contributed by atoms with Gasteiger partial charge in [0.05, 0.1) is 0 Å². The number of hydrogen-bond donors (Lipinski definition) is 1. The third-order valence-corrected chi connectivity index (χ3v) is 6.63. The van der Waals surface area contributed by atoms with Crippen molar-refractivity contribution in [2.75, 3.05) is 44.6 Å². The first-order valence-corrected chi connectivity index (χ1v) is 12.5. The Morgan fingerprint density at radius 3 is 2.03 bits per heavy atom. The fourth-order valence-corrected chi connectivity index (χ4v) is 4.27. The van der Waals surface area contributed by atoms with Crippen LogP contribution in [0.2, 0.25) is 0 Å². The van der Waals surface area contributed by atoms with Crippen molar-refractivity contribution < 1.29 is 18.4 Å². The largest absolute Gasteiger partial charge is 0.333 e. The average Bonchev–Trinajstić information content (AvgIpc) is 2.89. The van der Waals surface area contributed by atoms with Crippen molar-refractivity contribution in [1.82, 2.24) is 14.7 Å². The number of carbonyl (C=O) groups excluding carboxylic acids is 2. The summed E-state index contributed by atoms with van der Waals surface area (Å²) < 4.78 is 27.6. The lowest BCUT2D eigenvalue weighted by Gasteiger charge is -2.36. The number of carbonyl (C=O) groups is 2. The van der Waals surface area contributed by atoms with Gasteiger partial charge in [-0.2, -0.15) is 0 Å². The van der Waals surface area contributed by atoms with Crippen molar-refractivity contribution in [3.8, 4) is 0 Å². The number of piperazine rings is 1. The van der Waals surface area contributed by atoms with Crippen LogP contribution in [0.15, 0.2) is 77.3 Å². The van der Waals surface area contributed by atoms with Gasteiger partial charge in [0.15, 0.2) is 0 Å². The first kappa shape index (κ1) is 25.8. The molecule has 1 heterocycles. The number of anilines is 1. The van der Waals surface area contributed by atoms with Crippen molar-refractivity contribution in [3.63, 3.8) is 0 Å². The van der Waals surface area contributed by atoms with E-state index in [2.05, 4.69) is 26.1 Å². The zero-order chi connectivity index (χ0) is 25.5. The number of amides is 3. The van der Waals surface area contributed by atoms with Gasteiger partial charge in [-0.3, -0.25) is 9.69 Å². The molecule has 9 heteroatoms. The number of rotatable bonds is 7. The van der Waals surface area contributed by atoms with Gasteiger partial charge >= 0.3 is 6.03 Å². The molecule has 0 radical (unpaired) electrons. The third-order valence-electron chi connectivity index (χ3n) is 6.11. The molecule has 188 valence electrons. The van der Waals surface area contributed by atoms with Gasteiger partial charge in [-0.1, -0.05) is 28.1 Å². The van der Waals surface area contributed by atoms with Crippen molar-refractivity contribution in [2.24, 2.45) is 0 Å². The summed E-state index contributed by atoms with van der Waals surface area (Å²) >= 11 is 3.38. The van der Waals surface area contributed by atoms with Crippen molar-refractivity contribution in [2.45, 2.75) is 6.54 Å². The second kappa shape index (κ2) is 12.1. The molecular formula is C27H27BrF2N4O2. The van der Waals surface area contributed by atoms with E-state index in [0.29, 0.717) is 51.4 Å². The lowest BCUT2D eigenvalue weighted by atomic mass is 10.1. The van der Waals surface area contributed by atoms with Crippen LogP contribution >= 0.6 is 15.9 Å². The Morgan fingerprint density at radius 2 is 1.42 bits per heavy atom. The number of halogens is 3. The van der Waals surface area contributed by atoms with Gasteiger partial charge < -0.3 is 15.1 Å². The molecule has 6 nitrogen and oxygen atoms in total.